The molecule has 230 valence electrons. The van der Waals surface area contributed by atoms with E-state index in [1.54, 1.807) is 44.2 Å². The van der Waals surface area contributed by atoms with Gasteiger partial charge in [-0.2, -0.15) is 0 Å². The van der Waals surface area contributed by atoms with Crippen LogP contribution in [-0.4, -0.2) is 50.2 Å². The van der Waals surface area contributed by atoms with Gasteiger partial charge >= 0.3 is 6.03 Å². The van der Waals surface area contributed by atoms with Crippen molar-refractivity contribution in [3.05, 3.63) is 76.8 Å². The highest BCUT2D eigenvalue weighted by Gasteiger charge is 2.37. The topological polar surface area (TPSA) is 132 Å². The van der Waals surface area contributed by atoms with Gasteiger partial charge in [-0.25, -0.2) is 9.69 Å². The molecule has 0 spiro atoms. The van der Waals surface area contributed by atoms with Crippen LogP contribution in [0.3, 0.4) is 0 Å². The number of ether oxygens (including phenoxy) is 4. The number of rotatable bonds is 13. The lowest BCUT2D eigenvalue weighted by Crippen LogP contribution is -2.54. The van der Waals surface area contributed by atoms with Gasteiger partial charge in [0.05, 0.1) is 30.5 Å². The minimum atomic E-state index is -0.910. The van der Waals surface area contributed by atoms with Crippen LogP contribution in [0.5, 0.6) is 23.0 Å². The summed E-state index contributed by atoms with van der Waals surface area (Å²) in [6.07, 6.45) is 2.07. The number of benzene rings is 3. The third-order valence-electron chi connectivity index (χ3n) is 6.10. The fourth-order valence-corrected chi connectivity index (χ4v) is 4.50. The summed E-state index contributed by atoms with van der Waals surface area (Å²) < 4.78 is 22.7. The Bertz CT molecular complexity index is 1580. The van der Waals surface area contributed by atoms with E-state index < -0.39 is 23.8 Å². The van der Waals surface area contributed by atoms with Crippen LogP contribution in [0.1, 0.15) is 32.8 Å². The van der Waals surface area contributed by atoms with Gasteiger partial charge in [-0.1, -0.05) is 36.7 Å². The van der Waals surface area contributed by atoms with E-state index in [2.05, 4.69) is 10.6 Å². The molecule has 0 unspecified atom stereocenters. The number of para-hydroxylation sites is 1. The molecule has 0 saturated carbocycles. The highest BCUT2D eigenvalue weighted by Crippen LogP contribution is 2.38. The van der Waals surface area contributed by atoms with Crippen molar-refractivity contribution in [2.45, 2.75) is 27.2 Å². The van der Waals surface area contributed by atoms with Crippen molar-refractivity contribution in [3.63, 3.8) is 0 Å². The number of nitrogens with one attached hydrogen (secondary N) is 2. The standard InChI is InChI=1S/C32H32ClN3O8/c1-4-14-43-25-13-12-22(18-26(25)41-5-2)36-31(39)23(30(38)35-32(36)40)15-20-16-24(33)29(27(17-20)42-6-3)44-19-28(37)34-21-10-8-7-9-11-21/h7-13,15-18H,4-6,14,19H2,1-3H3,(H,34,37)(H,35,38,40)/b23-15+. The van der Waals surface area contributed by atoms with Gasteiger partial charge in [-0.15, -0.1) is 0 Å². The lowest BCUT2D eigenvalue weighted by molar-refractivity contribution is -0.122. The third-order valence-corrected chi connectivity index (χ3v) is 6.38. The molecule has 1 aliphatic heterocycles. The molecule has 3 aromatic carbocycles. The summed E-state index contributed by atoms with van der Waals surface area (Å²) in [4.78, 5) is 52.4. The van der Waals surface area contributed by atoms with Gasteiger partial charge in [0.25, 0.3) is 17.7 Å². The quantitative estimate of drug-likeness (QED) is 0.186. The zero-order chi connectivity index (χ0) is 31.6. The Balaban J connectivity index is 1.60. The number of carbonyl (C=O) groups excluding carboxylic acids is 4. The van der Waals surface area contributed by atoms with Gasteiger partial charge in [0.15, 0.2) is 29.6 Å². The minimum absolute atomic E-state index is 0.0796. The van der Waals surface area contributed by atoms with E-state index in [0.29, 0.717) is 36.0 Å². The summed E-state index contributed by atoms with van der Waals surface area (Å²) >= 11 is 6.51. The van der Waals surface area contributed by atoms with E-state index in [4.69, 9.17) is 30.5 Å². The van der Waals surface area contributed by atoms with Crippen molar-refractivity contribution in [1.29, 1.82) is 0 Å². The molecule has 2 N–H and O–H groups in total. The number of barbiturate groups is 1. The van der Waals surface area contributed by atoms with E-state index in [9.17, 15) is 19.2 Å². The van der Waals surface area contributed by atoms with Crippen molar-refractivity contribution in [2.75, 3.05) is 36.6 Å². The summed E-state index contributed by atoms with van der Waals surface area (Å²) in [6, 6.07) is 15.6. The van der Waals surface area contributed by atoms with Crippen LogP contribution in [0.2, 0.25) is 5.02 Å². The van der Waals surface area contributed by atoms with E-state index in [0.717, 1.165) is 11.3 Å². The second kappa shape index (κ2) is 14.9. The number of hydrogen-bond acceptors (Lipinski definition) is 8. The number of urea groups is 1. The number of carbonyl (C=O) groups is 4. The maximum atomic E-state index is 13.5. The highest BCUT2D eigenvalue weighted by atomic mass is 35.5. The highest BCUT2D eigenvalue weighted by molar-refractivity contribution is 6.39. The molecule has 0 aliphatic carbocycles. The van der Waals surface area contributed by atoms with Crippen LogP contribution in [0.4, 0.5) is 16.2 Å². The number of imide groups is 2. The largest absolute Gasteiger partial charge is 0.490 e. The van der Waals surface area contributed by atoms with Crippen molar-refractivity contribution in [3.8, 4) is 23.0 Å². The molecular weight excluding hydrogens is 590 g/mol. The molecular formula is C32H32ClN3O8. The first-order valence-corrected chi connectivity index (χ1v) is 14.4. The Morgan fingerprint density at radius 3 is 2.32 bits per heavy atom. The molecule has 5 amide bonds. The van der Waals surface area contributed by atoms with Gasteiger partial charge < -0.3 is 24.3 Å². The molecule has 11 nitrogen and oxygen atoms in total. The molecule has 4 rings (SSSR count). The molecule has 44 heavy (non-hydrogen) atoms. The molecule has 1 fully saturated rings. The number of halogens is 1. The first kappa shape index (κ1) is 31.9. The molecule has 1 heterocycles. The maximum Gasteiger partial charge on any atom is 0.335 e. The lowest BCUT2D eigenvalue weighted by Gasteiger charge is -2.27. The summed E-state index contributed by atoms with van der Waals surface area (Å²) in [6.45, 7) is 6.20. The third kappa shape index (κ3) is 7.67. The molecule has 0 atom stereocenters. The molecule has 0 aromatic heterocycles. The Morgan fingerprint density at radius 1 is 0.886 bits per heavy atom. The summed E-state index contributed by atoms with van der Waals surface area (Å²) in [7, 11) is 0. The van der Waals surface area contributed by atoms with Gasteiger partial charge in [-0.3, -0.25) is 19.7 Å². The van der Waals surface area contributed by atoms with Crippen LogP contribution in [0.25, 0.3) is 6.08 Å². The van der Waals surface area contributed by atoms with E-state index >= 15 is 0 Å². The van der Waals surface area contributed by atoms with Crippen molar-refractivity contribution < 1.29 is 38.1 Å². The van der Waals surface area contributed by atoms with E-state index in [-0.39, 0.29) is 41.0 Å². The zero-order valence-corrected chi connectivity index (χ0v) is 25.2. The first-order chi connectivity index (χ1) is 21.2. The molecule has 1 saturated heterocycles. The number of nitrogens with zero attached hydrogens (tertiary/aromatic N) is 1. The van der Waals surface area contributed by atoms with E-state index in [1.165, 1.54) is 30.3 Å². The Hall–Kier alpha value is -5.03. The Labute approximate surface area is 259 Å². The second-order valence-corrected chi connectivity index (χ2v) is 9.74. The fraction of sp³-hybridized carbons (Fsp3) is 0.250. The second-order valence-electron chi connectivity index (χ2n) is 9.34. The Morgan fingerprint density at radius 2 is 1.61 bits per heavy atom. The van der Waals surface area contributed by atoms with Crippen molar-refractivity contribution in [2.24, 2.45) is 0 Å². The number of hydrogen-bond donors (Lipinski definition) is 2. The maximum absolute atomic E-state index is 13.5. The number of anilines is 2. The summed E-state index contributed by atoms with van der Waals surface area (Å²) in [5.41, 5.74) is 0.801. The number of amides is 5. The predicted molar refractivity (Wildman–Crippen MR) is 166 cm³/mol. The molecule has 0 bridgehead atoms. The van der Waals surface area contributed by atoms with Gasteiger partial charge in [0.1, 0.15) is 5.57 Å². The average molecular weight is 622 g/mol. The fourth-order valence-electron chi connectivity index (χ4n) is 4.22. The SMILES string of the molecule is CCCOc1ccc(N2C(=O)NC(=O)/C(=C\c3cc(Cl)c(OCC(=O)Nc4ccccc4)c(OCC)c3)C2=O)cc1OCC. The smallest absolute Gasteiger partial charge is 0.335 e. The van der Waals surface area contributed by atoms with Gasteiger partial charge in [-0.05, 0) is 68.3 Å². The average Bonchev–Trinajstić information content (AvgIpc) is 2.99. The normalized spacial score (nSPS) is 13.9. The van der Waals surface area contributed by atoms with Crippen LogP contribution in [0.15, 0.2) is 66.2 Å². The predicted octanol–water partition coefficient (Wildman–Crippen LogP) is 5.61. The lowest BCUT2D eigenvalue weighted by atomic mass is 10.1. The summed E-state index contributed by atoms with van der Waals surface area (Å²) in [5, 5.41) is 5.00. The molecule has 0 radical (unpaired) electrons. The monoisotopic (exact) mass is 621 g/mol. The summed E-state index contributed by atoms with van der Waals surface area (Å²) in [5.74, 6) is -1.02. The van der Waals surface area contributed by atoms with Crippen molar-refractivity contribution in [1.82, 2.24) is 5.32 Å². The van der Waals surface area contributed by atoms with Gasteiger partial charge in [0.2, 0.25) is 0 Å². The molecule has 3 aromatic rings. The van der Waals surface area contributed by atoms with Crippen LogP contribution in [0, 0.1) is 0 Å². The van der Waals surface area contributed by atoms with Crippen LogP contribution < -0.4 is 34.5 Å². The van der Waals surface area contributed by atoms with Crippen LogP contribution in [-0.2, 0) is 14.4 Å². The van der Waals surface area contributed by atoms with Crippen molar-refractivity contribution >= 4 is 52.8 Å². The Kier molecular flexibility index (Phi) is 10.8. The molecule has 12 heteroatoms. The molecule has 1 aliphatic rings. The minimum Gasteiger partial charge on any atom is -0.490 e. The van der Waals surface area contributed by atoms with Gasteiger partial charge in [0, 0.05) is 11.8 Å². The van der Waals surface area contributed by atoms with E-state index in [1.807, 2.05) is 13.0 Å². The first-order valence-electron chi connectivity index (χ1n) is 14.0. The zero-order valence-electron chi connectivity index (χ0n) is 24.5. The van der Waals surface area contributed by atoms with Crippen LogP contribution >= 0.6 is 11.6 Å².